The first-order valence-corrected chi connectivity index (χ1v) is 6.95. The van der Waals surface area contributed by atoms with Crippen molar-refractivity contribution in [2.45, 2.75) is 13.3 Å². The van der Waals surface area contributed by atoms with Gasteiger partial charge >= 0.3 is 0 Å². The fraction of sp³-hybridized carbons (Fsp3) is 0.167. The fourth-order valence-electron chi connectivity index (χ4n) is 2.27. The summed E-state index contributed by atoms with van der Waals surface area (Å²) in [6, 6.07) is 15.1. The molecule has 0 spiro atoms. The van der Waals surface area contributed by atoms with Gasteiger partial charge in [0.05, 0.1) is 6.61 Å². The molecule has 0 aliphatic heterocycles. The van der Waals surface area contributed by atoms with Crippen LogP contribution in [-0.2, 0) is 6.42 Å². The number of nitrogens with zero attached hydrogens (tertiary/aromatic N) is 1. The summed E-state index contributed by atoms with van der Waals surface area (Å²) in [5, 5.41) is 0.710. The van der Waals surface area contributed by atoms with Crippen LogP contribution < -0.4 is 4.74 Å². The molecule has 0 atom stereocenters. The fourth-order valence-corrected chi connectivity index (χ4v) is 2.27. The Kier molecular flexibility index (Phi) is 3.82. The summed E-state index contributed by atoms with van der Waals surface area (Å²) in [4.78, 5) is 4.06. The molecule has 2 aromatic carbocycles. The first-order valence-electron chi connectivity index (χ1n) is 6.95. The van der Waals surface area contributed by atoms with Crippen molar-refractivity contribution in [1.82, 2.24) is 4.98 Å². The van der Waals surface area contributed by atoms with Gasteiger partial charge in [-0.05, 0) is 30.7 Å². The zero-order valence-electron chi connectivity index (χ0n) is 11.8. The lowest BCUT2D eigenvalue weighted by molar-refractivity contribution is 0.325. The van der Waals surface area contributed by atoms with Crippen molar-refractivity contribution in [3.8, 4) is 5.75 Å². The van der Waals surface area contributed by atoms with Crippen LogP contribution in [0.5, 0.6) is 5.75 Å². The number of pyridine rings is 1. The quantitative estimate of drug-likeness (QED) is 0.711. The molecule has 0 saturated carbocycles. The van der Waals surface area contributed by atoms with Crippen LogP contribution >= 0.6 is 0 Å². The van der Waals surface area contributed by atoms with Gasteiger partial charge in [0.1, 0.15) is 17.1 Å². The molecule has 0 bridgehead atoms. The number of hydrogen-bond donors (Lipinski definition) is 0. The standard InChI is InChI=1S/C18H16FNO/c1-13-5-7-14(8-6-13)10-12-21-17-9-11-20-18-15(17)3-2-4-16(18)19/h2-9,11H,10,12H2,1H3. The monoisotopic (exact) mass is 281 g/mol. The third-order valence-corrected chi connectivity index (χ3v) is 3.45. The van der Waals surface area contributed by atoms with E-state index in [9.17, 15) is 4.39 Å². The summed E-state index contributed by atoms with van der Waals surface area (Å²) in [6.45, 7) is 2.62. The molecule has 3 rings (SSSR count). The number of para-hydroxylation sites is 1. The van der Waals surface area contributed by atoms with Gasteiger partial charge in [-0.25, -0.2) is 4.39 Å². The Morgan fingerprint density at radius 2 is 1.86 bits per heavy atom. The maximum absolute atomic E-state index is 13.7. The van der Waals surface area contributed by atoms with Gasteiger partial charge in [-0.2, -0.15) is 0 Å². The summed E-state index contributed by atoms with van der Waals surface area (Å²) >= 11 is 0. The number of hydrogen-bond acceptors (Lipinski definition) is 2. The van der Waals surface area contributed by atoms with E-state index in [2.05, 4.69) is 36.2 Å². The maximum Gasteiger partial charge on any atom is 0.149 e. The van der Waals surface area contributed by atoms with E-state index in [1.54, 1.807) is 18.3 Å². The van der Waals surface area contributed by atoms with Crippen molar-refractivity contribution in [3.05, 3.63) is 71.7 Å². The Labute approximate surface area is 123 Å². The highest BCUT2D eigenvalue weighted by Gasteiger charge is 2.06. The van der Waals surface area contributed by atoms with Gasteiger partial charge in [0.25, 0.3) is 0 Å². The molecule has 3 heteroatoms. The molecule has 2 nitrogen and oxygen atoms in total. The number of aromatic nitrogens is 1. The summed E-state index contributed by atoms with van der Waals surface area (Å²) in [6.07, 6.45) is 2.39. The third-order valence-electron chi connectivity index (χ3n) is 3.45. The van der Waals surface area contributed by atoms with E-state index in [1.807, 2.05) is 6.07 Å². The van der Waals surface area contributed by atoms with E-state index in [0.717, 1.165) is 6.42 Å². The highest BCUT2D eigenvalue weighted by Crippen LogP contribution is 2.25. The van der Waals surface area contributed by atoms with Gasteiger partial charge in [0, 0.05) is 18.0 Å². The molecule has 0 amide bonds. The highest BCUT2D eigenvalue weighted by molar-refractivity contribution is 5.85. The van der Waals surface area contributed by atoms with Gasteiger partial charge in [-0.15, -0.1) is 0 Å². The molecule has 0 fully saturated rings. The molecule has 0 aliphatic rings. The van der Waals surface area contributed by atoms with Crippen LogP contribution in [0.2, 0.25) is 0 Å². The van der Waals surface area contributed by atoms with Crippen molar-refractivity contribution < 1.29 is 9.13 Å². The molecule has 0 saturated heterocycles. The first-order chi connectivity index (χ1) is 10.2. The number of benzene rings is 2. The molecule has 1 aromatic heterocycles. The number of rotatable bonds is 4. The highest BCUT2D eigenvalue weighted by atomic mass is 19.1. The van der Waals surface area contributed by atoms with Gasteiger partial charge in [0.15, 0.2) is 0 Å². The third kappa shape index (κ3) is 3.02. The second-order valence-electron chi connectivity index (χ2n) is 5.03. The summed E-state index contributed by atoms with van der Waals surface area (Å²) < 4.78 is 19.5. The average molecular weight is 281 g/mol. The van der Waals surface area contributed by atoms with Crippen LogP contribution in [0.15, 0.2) is 54.7 Å². The van der Waals surface area contributed by atoms with Gasteiger partial charge < -0.3 is 4.74 Å². The number of aryl methyl sites for hydroxylation is 1. The molecule has 1 heterocycles. The molecule has 0 N–H and O–H groups in total. The second-order valence-corrected chi connectivity index (χ2v) is 5.03. The molecule has 106 valence electrons. The van der Waals surface area contributed by atoms with Gasteiger partial charge in [0.2, 0.25) is 0 Å². The second kappa shape index (κ2) is 5.92. The Balaban J connectivity index is 1.73. The summed E-state index contributed by atoms with van der Waals surface area (Å²) in [5.41, 5.74) is 2.82. The Bertz CT molecular complexity index is 753. The van der Waals surface area contributed by atoms with E-state index in [4.69, 9.17) is 4.74 Å². The zero-order chi connectivity index (χ0) is 14.7. The van der Waals surface area contributed by atoms with E-state index < -0.39 is 0 Å². The number of fused-ring (bicyclic) bond motifs is 1. The number of halogens is 1. The van der Waals surface area contributed by atoms with Crippen molar-refractivity contribution in [2.24, 2.45) is 0 Å². The Hall–Kier alpha value is -2.42. The average Bonchev–Trinajstić information content (AvgIpc) is 2.50. The normalized spacial score (nSPS) is 10.8. The molecule has 0 aliphatic carbocycles. The lowest BCUT2D eigenvalue weighted by Crippen LogP contribution is -2.02. The zero-order valence-corrected chi connectivity index (χ0v) is 11.8. The molecule has 3 aromatic rings. The molecule has 0 unspecified atom stereocenters. The van der Waals surface area contributed by atoms with Crippen molar-refractivity contribution in [2.75, 3.05) is 6.61 Å². The smallest absolute Gasteiger partial charge is 0.149 e. The first kappa shape index (κ1) is 13.6. The van der Waals surface area contributed by atoms with Crippen molar-refractivity contribution in [3.63, 3.8) is 0 Å². The lowest BCUT2D eigenvalue weighted by atomic mass is 10.1. The molecule has 21 heavy (non-hydrogen) atoms. The molecule has 0 radical (unpaired) electrons. The molecular formula is C18H16FNO. The number of ether oxygens (including phenoxy) is 1. The maximum atomic E-state index is 13.7. The van der Waals surface area contributed by atoms with E-state index in [1.165, 1.54) is 17.2 Å². The van der Waals surface area contributed by atoms with Gasteiger partial charge in [-0.3, -0.25) is 4.98 Å². The predicted octanol–water partition coefficient (Wildman–Crippen LogP) is 4.30. The topological polar surface area (TPSA) is 22.1 Å². The minimum atomic E-state index is -0.323. The van der Waals surface area contributed by atoms with Crippen LogP contribution in [0, 0.1) is 12.7 Å². The largest absolute Gasteiger partial charge is 0.492 e. The predicted molar refractivity (Wildman–Crippen MR) is 82.1 cm³/mol. The van der Waals surface area contributed by atoms with E-state index in [0.29, 0.717) is 23.3 Å². The SMILES string of the molecule is Cc1ccc(CCOc2ccnc3c(F)cccc23)cc1. The van der Waals surface area contributed by atoms with Crippen LogP contribution in [0.1, 0.15) is 11.1 Å². The van der Waals surface area contributed by atoms with E-state index >= 15 is 0 Å². The van der Waals surface area contributed by atoms with Gasteiger partial charge in [-0.1, -0.05) is 35.9 Å². The molecular weight excluding hydrogens is 265 g/mol. The summed E-state index contributed by atoms with van der Waals surface area (Å²) in [5.74, 6) is 0.350. The van der Waals surface area contributed by atoms with Crippen molar-refractivity contribution in [1.29, 1.82) is 0 Å². The summed E-state index contributed by atoms with van der Waals surface area (Å²) in [7, 11) is 0. The Morgan fingerprint density at radius 3 is 2.67 bits per heavy atom. The Morgan fingerprint density at radius 1 is 1.05 bits per heavy atom. The van der Waals surface area contributed by atoms with Crippen LogP contribution in [0.25, 0.3) is 10.9 Å². The van der Waals surface area contributed by atoms with Crippen LogP contribution in [0.4, 0.5) is 4.39 Å². The van der Waals surface area contributed by atoms with Crippen molar-refractivity contribution >= 4 is 10.9 Å². The minimum absolute atomic E-state index is 0.323. The van der Waals surface area contributed by atoms with Crippen LogP contribution in [0.3, 0.4) is 0 Å². The lowest BCUT2D eigenvalue weighted by Gasteiger charge is -2.09. The minimum Gasteiger partial charge on any atom is -0.492 e. The van der Waals surface area contributed by atoms with E-state index in [-0.39, 0.29) is 5.82 Å². The van der Waals surface area contributed by atoms with Crippen LogP contribution in [-0.4, -0.2) is 11.6 Å².